The smallest absolute Gasteiger partial charge is 0.257 e. The van der Waals surface area contributed by atoms with Crippen LogP contribution in [0.3, 0.4) is 0 Å². The molecule has 0 radical (unpaired) electrons. The van der Waals surface area contributed by atoms with Crippen molar-refractivity contribution < 1.29 is 18.8 Å². The molecule has 1 N–H and O–H groups in total. The van der Waals surface area contributed by atoms with E-state index >= 15 is 0 Å². The number of carbonyl (C=O) groups excluding carboxylic acids is 1. The Kier molecular flexibility index (Phi) is 4.55. The SMILES string of the molecule is Cc1noc(-c2ccc3c(c2)OCO3)c1C(=O)NCCC1CCCN1C. The molecule has 7 nitrogen and oxygen atoms in total. The molecule has 0 saturated carbocycles. The number of hydrogen-bond donors (Lipinski definition) is 1. The predicted molar refractivity (Wildman–Crippen MR) is 95.4 cm³/mol. The van der Waals surface area contributed by atoms with E-state index in [2.05, 4.69) is 22.4 Å². The molecule has 0 aliphatic carbocycles. The van der Waals surface area contributed by atoms with Crippen LogP contribution in [0, 0.1) is 6.92 Å². The van der Waals surface area contributed by atoms with Gasteiger partial charge in [-0.25, -0.2) is 0 Å². The summed E-state index contributed by atoms with van der Waals surface area (Å²) in [4.78, 5) is 15.1. The summed E-state index contributed by atoms with van der Waals surface area (Å²) >= 11 is 0. The molecule has 2 aliphatic heterocycles. The first-order valence-electron chi connectivity index (χ1n) is 8.98. The van der Waals surface area contributed by atoms with Crippen molar-refractivity contribution >= 4 is 5.91 Å². The molecule has 1 aromatic carbocycles. The predicted octanol–water partition coefficient (Wildman–Crippen LogP) is 2.59. The number of aryl methyl sites for hydroxylation is 1. The third kappa shape index (κ3) is 3.14. The van der Waals surface area contributed by atoms with Gasteiger partial charge in [0, 0.05) is 18.2 Å². The van der Waals surface area contributed by atoms with Crippen molar-refractivity contribution in [1.29, 1.82) is 0 Å². The molecule has 1 saturated heterocycles. The van der Waals surface area contributed by atoms with E-state index in [0.29, 0.717) is 41.1 Å². The summed E-state index contributed by atoms with van der Waals surface area (Å²) in [5.41, 5.74) is 1.80. The van der Waals surface area contributed by atoms with Crippen molar-refractivity contribution in [2.45, 2.75) is 32.2 Å². The fourth-order valence-corrected chi connectivity index (χ4v) is 3.66. The zero-order chi connectivity index (χ0) is 18.1. The molecule has 2 aliphatic rings. The standard InChI is InChI=1S/C19H23N3O4/c1-12-17(19(23)20-8-7-14-4-3-9-22(14)2)18(26-21-12)13-5-6-15-16(10-13)25-11-24-15/h5-6,10,14H,3-4,7-9,11H2,1-2H3,(H,20,23). The van der Waals surface area contributed by atoms with Crippen LogP contribution in [0.4, 0.5) is 0 Å². The van der Waals surface area contributed by atoms with Gasteiger partial charge >= 0.3 is 0 Å². The highest BCUT2D eigenvalue weighted by molar-refractivity contribution is 6.00. The quantitative estimate of drug-likeness (QED) is 0.886. The monoisotopic (exact) mass is 357 g/mol. The van der Waals surface area contributed by atoms with Gasteiger partial charge in [0.25, 0.3) is 5.91 Å². The van der Waals surface area contributed by atoms with Crippen molar-refractivity contribution in [1.82, 2.24) is 15.4 Å². The minimum Gasteiger partial charge on any atom is -0.454 e. The Balaban J connectivity index is 1.48. The minimum absolute atomic E-state index is 0.155. The Labute approximate surface area is 152 Å². The molecule has 1 aromatic heterocycles. The summed E-state index contributed by atoms with van der Waals surface area (Å²) in [6, 6.07) is 6.02. The topological polar surface area (TPSA) is 76.8 Å². The number of carbonyl (C=O) groups is 1. The Hall–Kier alpha value is -2.54. The van der Waals surface area contributed by atoms with E-state index in [1.807, 2.05) is 18.2 Å². The van der Waals surface area contributed by atoms with Gasteiger partial charge in [-0.05, 0) is 58.0 Å². The van der Waals surface area contributed by atoms with Crippen LogP contribution in [0.15, 0.2) is 22.7 Å². The second kappa shape index (κ2) is 6.99. The maximum absolute atomic E-state index is 12.7. The second-order valence-electron chi connectivity index (χ2n) is 6.86. The summed E-state index contributed by atoms with van der Waals surface area (Å²) in [6.07, 6.45) is 3.38. The summed E-state index contributed by atoms with van der Waals surface area (Å²) in [5.74, 6) is 1.64. The van der Waals surface area contributed by atoms with Crippen LogP contribution in [-0.4, -0.2) is 48.9 Å². The number of likely N-dealkylation sites (tertiary alicyclic amines) is 1. The molecule has 26 heavy (non-hydrogen) atoms. The van der Waals surface area contributed by atoms with E-state index in [1.165, 1.54) is 12.8 Å². The van der Waals surface area contributed by atoms with E-state index in [9.17, 15) is 4.79 Å². The van der Waals surface area contributed by atoms with Crippen LogP contribution < -0.4 is 14.8 Å². The molecule has 3 heterocycles. The van der Waals surface area contributed by atoms with Gasteiger partial charge in [0.15, 0.2) is 17.3 Å². The third-order valence-electron chi connectivity index (χ3n) is 5.16. The Morgan fingerprint density at radius 3 is 3.00 bits per heavy atom. The number of fused-ring (bicyclic) bond motifs is 1. The van der Waals surface area contributed by atoms with E-state index in [4.69, 9.17) is 14.0 Å². The molecule has 1 fully saturated rings. The van der Waals surface area contributed by atoms with Gasteiger partial charge in [0.05, 0.1) is 5.69 Å². The normalized spacial score (nSPS) is 19.1. The van der Waals surface area contributed by atoms with Crippen molar-refractivity contribution in [2.75, 3.05) is 26.9 Å². The van der Waals surface area contributed by atoms with E-state index in [-0.39, 0.29) is 12.7 Å². The fraction of sp³-hybridized carbons (Fsp3) is 0.474. The molecule has 138 valence electrons. The highest BCUT2D eigenvalue weighted by atomic mass is 16.7. The van der Waals surface area contributed by atoms with E-state index < -0.39 is 0 Å². The van der Waals surface area contributed by atoms with Crippen LogP contribution in [0.2, 0.25) is 0 Å². The van der Waals surface area contributed by atoms with E-state index in [1.54, 1.807) is 6.92 Å². The number of amides is 1. The van der Waals surface area contributed by atoms with Crippen molar-refractivity contribution in [3.05, 3.63) is 29.5 Å². The summed E-state index contributed by atoms with van der Waals surface area (Å²) < 4.78 is 16.2. The van der Waals surface area contributed by atoms with Gasteiger partial charge < -0.3 is 24.2 Å². The number of aromatic nitrogens is 1. The van der Waals surface area contributed by atoms with Crippen LogP contribution in [0.5, 0.6) is 11.5 Å². The van der Waals surface area contributed by atoms with Crippen LogP contribution in [0.1, 0.15) is 35.3 Å². The summed E-state index contributed by atoms with van der Waals surface area (Å²) in [7, 11) is 2.14. The Morgan fingerprint density at radius 1 is 1.35 bits per heavy atom. The highest BCUT2D eigenvalue weighted by Gasteiger charge is 2.25. The Bertz CT molecular complexity index is 817. The zero-order valence-electron chi connectivity index (χ0n) is 15.1. The first kappa shape index (κ1) is 16.9. The molecule has 0 spiro atoms. The lowest BCUT2D eigenvalue weighted by Gasteiger charge is -2.19. The molecular formula is C19H23N3O4. The van der Waals surface area contributed by atoms with Crippen LogP contribution >= 0.6 is 0 Å². The van der Waals surface area contributed by atoms with Gasteiger partial charge in [0.1, 0.15) is 5.56 Å². The molecule has 4 rings (SSSR count). The first-order chi connectivity index (χ1) is 12.6. The summed E-state index contributed by atoms with van der Waals surface area (Å²) in [6.45, 7) is 3.76. The lowest BCUT2D eigenvalue weighted by molar-refractivity contribution is 0.0950. The second-order valence-corrected chi connectivity index (χ2v) is 6.86. The van der Waals surface area contributed by atoms with Crippen molar-refractivity contribution in [2.24, 2.45) is 0 Å². The van der Waals surface area contributed by atoms with Gasteiger partial charge in [-0.15, -0.1) is 0 Å². The molecular weight excluding hydrogens is 334 g/mol. The largest absolute Gasteiger partial charge is 0.454 e. The van der Waals surface area contributed by atoms with Gasteiger partial charge in [0.2, 0.25) is 6.79 Å². The third-order valence-corrected chi connectivity index (χ3v) is 5.16. The summed E-state index contributed by atoms with van der Waals surface area (Å²) in [5, 5.41) is 7.00. The van der Waals surface area contributed by atoms with Crippen LogP contribution in [-0.2, 0) is 0 Å². The number of benzene rings is 1. The molecule has 7 heteroatoms. The van der Waals surface area contributed by atoms with Crippen molar-refractivity contribution in [3.63, 3.8) is 0 Å². The average Bonchev–Trinajstić information content (AvgIpc) is 3.34. The molecule has 2 aromatic rings. The highest BCUT2D eigenvalue weighted by Crippen LogP contribution is 2.37. The molecule has 1 unspecified atom stereocenters. The number of rotatable bonds is 5. The molecule has 1 atom stereocenters. The van der Waals surface area contributed by atoms with E-state index in [0.717, 1.165) is 18.5 Å². The average molecular weight is 357 g/mol. The van der Waals surface area contributed by atoms with Gasteiger partial charge in [-0.2, -0.15) is 0 Å². The maximum Gasteiger partial charge on any atom is 0.257 e. The first-order valence-corrected chi connectivity index (χ1v) is 8.98. The Morgan fingerprint density at radius 2 is 2.19 bits per heavy atom. The lowest BCUT2D eigenvalue weighted by Crippen LogP contribution is -2.32. The fourth-order valence-electron chi connectivity index (χ4n) is 3.66. The van der Waals surface area contributed by atoms with Crippen molar-refractivity contribution in [3.8, 4) is 22.8 Å². The number of nitrogens with one attached hydrogen (secondary N) is 1. The number of nitrogens with zero attached hydrogens (tertiary/aromatic N) is 2. The molecule has 1 amide bonds. The number of hydrogen-bond acceptors (Lipinski definition) is 6. The van der Waals surface area contributed by atoms with Gasteiger partial charge in [-0.1, -0.05) is 5.16 Å². The van der Waals surface area contributed by atoms with Crippen LogP contribution in [0.25, 0.3) is 11.3 Å². The van der Waals surface area contributed by atoms with Gasteiger partial charge in [-0.3, -0.25) is 4.79 Å². The zero-order valence-corrected chi connectivity index (χ0v) is 15.1. The lowest BCUT2D eigenvalue weighted by atomic mass is 10.1. The minimum atomic E-state index is -0.155. The molecule has 0 bridgehead atoms. The number of ether oxygens (including phenoxy) is 2. The maximum atomic E-state index is 12.7.